The van der Waals surface area contributed by atoms with E-state index in [0.717, 1.165) is 16.8 Å². The van der Waals surface area contributed by atoms with Crippen LogP contribution in [0.4, 0.5) is 0 Å². The van der Waals surface area contributed by atoms with Crippen molar-refractivity contribution in [2.45, 2.75) is 52.4 Å². The Bertz CT molecular complexity index is 683. The van der Waals surface area contributed by atoms with Gasteiger partial charge in [-0.1, -0.05) is 47.6 Å². The van der Waals surface area contributed by atoms with Crippen LogP contribution in [0.5, 0.6) is 11.5 Å². The van der Waals surface area contributed by atoms with Crippen LogP contribution in [0.2, 0.25) is 0 Å². The van der Waals surface area contributed by atoms with Gasteiger partial charge in [0.1, 0.15) is 0 Å². The number of aromatic hydroxyl groups is 2. The van der Waals surface area contributed by atoms with E-state index >= 15 is 0 Å². The predicted molar refractivity (Wildman–Crippen MR) is 88.7 cm³/mol. The fourth-order valence-corrected chi connectivity index (χ4v) is 2.72. The van der Waals surface area contributed by atoms with Crippen LogP contribution in [0.1, 0.15) is 52.7 Å². The lowest BCUT2D eigenvalue weighted by atomic mass is 9.79. The lowest BCUT2D eigenvalue weighted by Gasteiger charge is -2.26. The molecule has 1 aromatic carbocycles. The van der Waals surface area contributed by atoms with Crippen LogP contribution in [-0.4, -0.2) is 10.2 Å². The maximum atomic E-state index is 10.7. The highest BCUT2D eigenvalue weighted by molar-refractivity contribution is 5.61. The van der Waals surface area contributed by atoms with E-state index in [0.29, 0.717) is 0 Å². The summed E-state index contributed by atoms with van der Waals surface area (Å²) in [6.07, 6.45) is 3.90. The molecule has 0 fully saturated rings. The van der Waals surface area contributed by atoms with Gasteiger partial charge >= 0.3 is 0 Å². The molecule has 0 bridgehead atoms. The minimum Gasteiger partial charge on any atom is -1.00 e. The normalized spacial score (nSPS) is 11.9. The summed E-state index contributed by atoms with van der Waals surface area (Å²) >= 11 is 0. The zero-order valence-corrected chi connectivity index (χ0v) is 15.4. The van der Waals surface area contributed by atoms with Crippen molar-refractivity contribution in [3.63, 3.8) is 0 Å². The predicted octanol–water partition coefficient (Wildman–Crippen LogP) is 0.974. The van der Waals surface area contributed by atoms with E-state index in [1.54, 1.807) is 0 Å². The molecule has 3 nitrogen and oxygen atoms in total. The molecule has 0 aliphatic rings. The van der Waals surface area contributed by atoms with Crippen LogP contribution in [0, 0.1) is 0 Å². The number of halogens is 1. The molecule has 0 spiro atoms. The topological polar surface area (TPSA) is 44.3 Å². The van der Waals surface area contributed by atoms with Gasteiger partial charge in [-0.05, 0) is 10.8 Å². The largest absolute Gasteiger partial charge is 1.00 e. The molecule has 2 aromatic rings. The van der Waals surface area contributed by atoms with E-state index in [1.165, 1.54) is 0 Å². The second-order valence-electron chi connectivity index (χ2n) is 7.80. The van der Waals surface area contributed by atoms with Crippen molar-refractivity contribution in [3.8, 4) is 17.2 Å². The Hall–Kier alpha value is -1.74. The van der Waals surface area contributed by atoms with Gasteiger partial charge in [-0.3, -0.25) is 0 Å². The first-order valence-electron chi connectivity index (χ1n) is 7.60. The second-order valence-corrected chi connectivity index (χ2v) is 7.80. The van der Waals surface area contributed by atoms with Gasteiger partial charge in [0.25, 0.3) is 0 Å². The third-order valence-corrected chi connectivity index (χ3v) is 3.81. The van der Waals surface area contributed by atoms with Gasteiger partial charge in [-0.25, -0.2) is 0 Å². The molecule has 0 unspecified atom stereocenters. The van der Waals surface area contributed by atoms with Crippen LogP contribution in [0.25, 0.3) is 5.69 Å². The minimum atomic E-state index is -0.295. The van der Waals surface area contributed by atoms with Crippen LogP contribution >= 0.6 is 0 Å². The van der Waals surface area contributed by atoms with Crippen LogP contribution in [0.3, 0.4) is 0 Å². The van der Waals surface area contributed by atoms with E-state index in [2.05, 4.69) is 0 Å². The number of aromatic nitrogens is 1. The monoisotopic (exact) mass is 335 g/mol. The van der Waals surface area contributed by atoms with Crippen molar-refractivity contribution < 1.29 is 27.2 Å². The number of hydrogen-bond acceptors (Lipinski definition) is 2. The minimum absolute atomic E-state index is 0. The summed E-state index contributed by atoms with van der Waals surface area (Å²) < 4.78 is 1.98. The number of rotatable bonds is 1. The summed E-state index contributed by atoms with van der Waals surface area (Å²) in [5.41, 5.74) is 1.82. The van der Waals surface area contributed by atoms with Crippen molar-refractivity contribution in [1.29, 1.82) is 0 Å². The highest BCUT2D eigenvalue weighted by Crippen LogP contribution is 2.45. The molecule has 0 aliphatic heterocycles. The summed E-state index contributed by atoms with van der Waals surface area (Å²) in [5, 5.41) is 21.1. The Labute approximate surface area is 145 Å². The van der Waals surface area contributed by atoms with Crippen LogP contribution in [-0.2, 0) is 10.8 Å². The Morgan fingerprint density at radius 2 is 1.30 bits per heavy atom. The molecule has 0 aliphatic carbocycles. The van der Waals surface area contributed by atoms with Crippen molar-refractivity contribution in [1.82, 2.24) is 0 Å². The molecule has 126 valence electrons. The average molecular weight is 336 g/mol. The smallest absolute Gasteiger partial charge is 0.218 e. The molecule has 0 atom stereocenters. The number of benzene rings is 1. The van der Waals surface area contributed by atoms with Crippen molar-refractivity contribution in [2.75, 3.05) is 0 Å². The SMILES string of the molecule is CC(C)(C)c1cc(-[n+]2ccccc2)c(C(C)(C)C)c(O)c1O.[Cl-]. The molecule has 1 aromatic heterocycles. The first-order chi connectivity index (χ1) is 10.0. The van der Waals surface area contributed by atoms with Crippen molar-refractivity contribution in [2.24, 2.45) is 0 Å². The van der Waals surface area contributed by atoms with Gasteiger partial charge in [0, 0.05) is 23.8 Å². The summed E-state index contributed by atoms with van der Waals surface area (Å²) in [5.74, 6) is -0.0380. The molecule has 0 saturated heterocycles. The molecule has 2 N–H and O–H groups in total. The highest BCUT2D eigenvalue weighted by Gasteiger charge is 2.33. The van der Waals surface area contributed by atoms with Gasteiger partial charge in [-0.2, -0.15) is 4.57 Å². The van der Waals surface area contributed by atoms with Gasteiger partial charge in [0.05, 0.1) is 5.56 Å². The number of phenolic OH excluding ortho intramolecular Hbond substituents is 2. The number of pyridine rings is 1. The highest BCUT2D eigenvalue weighted by atomic mass is 35.5. The summed E-state index contributed by atoms with van der Waals surface area (Å²) in [6, 6.07) is 7.84. The Kier molecular flexibility index (Phi) is 5.37. The van der Waals surface area contributed by atoms with E-state index in [-0.39, 0.29) is 34.7 Å². The van der Waals surface area contributed by atoms with E-state index < -0.39 is 0 Å². The van der Waals surface area contributed by atoms with Gasteiger partial charge in [-0.15, -0.1) is 0 Å². The van der Waals surface area contributed by atoms with Crippen molar-refractivity contribution >= 4 is 0 Å². The maximum absolute atomic E-state index is 10.7. The average Bonchev–Trinajstić information content (AvgIpc) is 2.39. The zero-order chi connectivity index (χ0) is 16.7. The lowest BCUT2D eigenvalue weighted by Crippen LogP contribution is -3.00. The molecule has 2 rings (SSSR count). The first-order valence-corrected chi connectivity index (χ1v) is 7.60. The van der Waals surface area contributed by atoms with Gasteiger partial charge in [0.15, 0.2) is 23.9 Å². The summed E-state index contributed by atoms with van der Waals surface area (Å²) in [7, 11) is 0. The van der Waals surface area contributed by atoms with Crippen molar-refractivity contribution in [3.05, 3.63) is 47.8 Å². The van der Waals surface area contributed by atoms with E-state index in [4.69, 9.17) is 0 Å². The fraction of sp³-hybridized carbons (Fsp3) is 0.421. The molecular formula is C19H26ClNO2. The number of nitrogens with zero attached hydrogens (tertiary/aromatic N) is 1. The first kappa shape index (κ1) is 19.3. The Balaban J connectivity index is 0.00000264. The second kappa shape index (κ2) is 6.40. The molecule has 23 heavy (non-hydrogen) atoms. The quantitative estimate of drug-likeness (QED) is 0.602. The Morgan fingerprint density at radius 3 is 1.74 bits per heavy atom. The molecule has 0 amide bonds. The van der Waals surface area contributed by atoms with E-state index in [9.17, 15) is 10.2 Å². The molecular weight excluding hydrogens is 310 g/mol. The molecule has 0 radical (unpaired) electrons. The lowest BCUT2D eigenvalue weighted by molar-refractivity contribution is -0.596. The molecule has 1 heterocycles. The van der Waals surface area contributed by atoms with E-state index in [1.807, 2.05) is 82.8 Å². The number of phenols is 2. The number of hydrogen-bond donors (Lipinski definition) is 2. The molecule has 0 saturated carbocycles. The third-order valence-electron chi connectivity index (χ3n) is 3.81. The molecule has 4 heteroatoms. The summed E-state index contributed by atoms with van der Waals surface area (Å²) in [4.78, 5) is 0. The third kappa shape index (κ3) is 3.78. The summed E-state index contributed by atoms with van der Waals surface area (Å²) in [6.45, 7) is 12.2. The Morgan fingerprint density at radius 1 is 0.783 bits per heavy atom. The zero-order valence-electron chi connectivity index (χ0n) is 14.7. The van der Waals surface area contributed by atoms with Crippen LogP contribution < -0.4 is 17.0 Å². The standard InChI is InChI=1S/C19H25NO2.ClH/c1-18(2,3)13-12-14(20-10-8-7-9-11-20)15(19(4,5)6)17(22)16(13)21;/h7-12H,1-6H3,(H-,21,22);1H. The van der Waals surface area contributed by atoms with Gasteiger partial charge in [0.2, 0.25) is 5.69 Å². The fourth-order valence-electron chi connectivity index (χ4n) is 2.72. The van der Waals surface area contributed by atoms with Gasteiger partial charge < -0.3 is 22.6 Å². The maximum Gasteiger partial charge on any atom is 0.218 e. The van der Waals surface area contributed by atoms with Crippen LogP contribution in [0.15, 0.2) is 36.7 Å².